The number of nitrogens with one attached hydrogen (secondary N) is 1. The van der Waals surface area contributed by atoms with E-state index in [9.17, 15) is 4.79 Å². The zero-order valence-electron chi connectivity index (χ0n) is 11.1. The van der Waals surface area contributed by atoms with Crippen LogP contribution in [0.1, 0.15) is 46.0 Å². The molecule has 0 heterocycles. The lowest BCUT2D eigenvalue weighted by Gasteiger charge is -2.28. The van der Waals surface area contributed by atoms with E-state index in [1.165, 1.54) is 6.42 Å². The Bertz CT molecular complexity index is 235. The van der Waals surface area contributed by atoms with Crippen molar-refractivity contribution in [1.29, 1.82) is 0 Å². The van der Waals surface area contributed by atoms with Gasteiger partial charge in [0.05, 0.1) is 5.92 Å². The molecule has 1 fully saturated rings. The monoisotopic (exact) mass is 258 g/mol. The predicted octanol–water partition coefficient (Wildman–Crippen LogP) is 2.15. The summed E-state index contributed by atoms with van der Waals surface area (Å²) >= 11 is 1.92. The van der Waals surface area contributed by atoms with Crippen molar-refractivity contribution >= 4 is 17.7 Å². The summed E-state index contributed by atoms with van der Waals surface area (Å²) in [5.74, 6) is 2.49. The average Bonchev–Trinajstić information content (AvgIpc) is 2.29. The van der Waals surface area contributed by atoms with Crippen molar-refractivity contribution < 1.29 is 4.79 Å². The molecule has 0 bridgehead atoms. The van der Waals surface area contributed by atoms with Crippen LogP contribution in [0.4, 0.5) is 0 Å². The molecule has 0 aliphatic heterocycles. The van der Waals surface area contributed by atoms with Crippen LogP contribution >= 0.6 is 11.8 Å². The van der Waals surface area contributed by atoms with E-state index >= 15 is 0 Å². The first kappa shape index (κ1) is 14.8. The molecule has 0 saturated heterocycles. The summed E-state index contributed by atoms with van der Waals surface area (Å²) in [5, 5.41) is 3.11. The van der Waals surface area contributed by atoms with Crippen LogP contribution in [0.15, 0.2) is 0 Å². The van der Waals surface area contributed by atoms with Crippen LogP contribution in [0.3, 0.4) is 0 Å². The fraction of sp³-hybridized carbons (Fsp3) is 0.923. The van der Waals surface area contributed by atoms with Crippen LogP contribution < -0.4 is 11.1 Å². The van der Waals surface area contributed by atoms with Gasteiger partial charge in [-0.1, -0.05) is 19.8 Å². The molecule has 1 rings (SSSR count). The van der Waals surface area contributed by atoms with E-state index in [1.807, 2.05) is 11.8 Å². The number of carbonyl (C=O) groups excluding carboxylic acids is 1. The smallest absolute Gasteiger partial charge is 0.224 e. The molecule has 100 valence electrons. The van der Waals surface area contributed by atoms with Crippen LogP contribution in [-0.2, 0) is 4.79 Å². The third kappa shape index (κ3) is 5.30. The highest BCUT2D eigenvalue weighted by molar-refractivity contribution is 7.99. The highest BCUT2D eigenvalue weighted by Gasteiger charge is 2.28. The summed E-state index contributed by atoms with van der Waals surface area (Å²) in [4.78, 5) is 12.1. The first-order valence-electron chi connectivity index (χ1n) is 6.78. The summed E-state index contributed by atoms with van der Waals surface area (Å²) in [5.41, 5.74) is 6.01. The summed E-state index contributed by atoms with van der Waals surface area (Å²) < 4.78 is 0. The van der Waals surface area contributed by atoms with Gasteiger partial charge in [0.1, 0.15) is 0 Å². The molecule has 3 atom stereocenters. The predicted molar refractivity (Wildman–Crippen MR) is 75.2 cm³/mol. The second-order valence-electron chi connectivity index (χ2n) is 4.95. The van der Waals surface area contributed by atoms with Crippen molar-refractivity contribution in [1.82, 2.24) is 5.32 Å². The number of rotatable bonds is 6. The molecule has 0 aromatic rings. The fourth-order valence-electron chi connectivity index (χ4n) is 2.31. The minimum atomic E-state index is 0.0463. The molecule has 3 nitrogen and oxygen atoms in total. The molecular formula is C13H26N2OS. The van der Waals surface area contributed by atoms with Gasteiger partial charge in [-0.3, -0.25) is 4.79 Å². The van der Waals surface area contributed by atoms with Gasteiger partial charge >= 0.3 is 0 Å². The van der Waals surface area contributed by atoms with E-state index in [0.717, 1.165) is 37.2 Å². The molecule has 1 amide bonds. The summed E-state index contributed by atoms with van der Waals surface area (Å²) in [7, 11) is 0. The second kappa shape index (κ2) is 7.98. The van der Waals surface area contributed by atoms with Crippen LogP contribution in [0.2, 0.25) is 0 Å². The molecule has 4 heteroatoms. The van der Waals surface area contributed by atoms with E-state index in [0.29, 0.717) is 0 Å². The highest BCUT2D eigenvalue weighted by Crippen LogP contribution is 2.23. The average molecular weight is 258 g/mol. The molecule has 0 aromatic heterocycles. The van der Waals surface area contributed by atoms with Gasteiger partial charge in [0, 0.05) is 12.1 Å². The number of hydrogen-bond acceptors (Lipinski definition) is 3. The lowest BCUT2D eigenvalue weighted by atomic mass is 9.84. The lowest BCUT2D eigenvalue weighted by molar-refractivity contribution is -0.127. The number of nitrogens with two attached hydrogens (primary N) is 1. The normalized spacial score (nSPS) is 26.5. The largest absolute Gasteiger partial charge is 0.353 e. The van der Waals surface area contributed by atoms with Gasteiger partial charge in [-0.2, -0.15) is 11.8 Å². The van der Waals surface area contributed by atoms with Crippen molar-refractivity contribution in [3.8, 4) is 0 Å². The Morgan fingerprint density at radius 1 is 1.47 bits per heavy atom. The maximum absolute atomic E-state index is 12.1. The Labute approximate surface area is 109 Å². The number of hydrogen-bond donors (Lipinski definition) is 2. The molecule has 3 unspecified atom stereocenters. The third-order valence-corrected chi connectivity index (χ3v) is 4.38. The Balaban J connectivity index is 2.27. The Hall–Kier alpha value is -0.220. The lowest BCUT2D eigenvalue weighted by Crippen LogP contribution is -2.46. The van der Waals surface area contributed by atoms with Crippen molar-refractivity contribution in [2.24, 2.45) is 11.7 Å². The van der Waals surface area contributed by atoms with Gasteiger partial charge in [-0.15, -0.1) is 0 Å². The quantitative estimate of drug-likeness (QED) is 0.718. The topological polar surface area (TPSA) is 55.1 Å². The molecule has 0 radical (unpaired) electrons. The molecule has 17 heavy (non-hydrogen) atoms. The Kier molecular flexibility index (Phi) is 6.97. The van der Waals surface area contributed by atoms with Gasteiger partial charge in [-0.25, -0.2) is 0 Å². The first-order chi connectivity index (χ1) is 8.15. The second-order valence-corrected chi connectivity index (χ2v) is 6.34. The Morgan fingerprint density at radius 3 is 2.82 bits per heavy atom. The Morgan fingerprint density at radius 2 is 2.18 bits per heavy atom. The van der Waals surface area contributed by atoms with Gasteiger partial charge < -0.3 is 11.1 Å². The molecule has 1 aliphatic rings. The van der Waals surface area contributed by atoms with Crippen LogP contribution in [0.25, 0.3) is 0 Å². The zero-order valence-corrected chi connectivity index (χ0v) is 11.9. The van der Waals surface area contributed by atoms with Gasteiger partial charge in [0.2, 0.25) is 5.91 Å². The van der Waals surface area contributed by atoms with Crippen LogP contribution in [0.5, 0.6) is 0 Å². The first-order valence-corrected chi connectivity index (χ1v) is 7.94. The summed E-state index contributed by atoms with van der Waals surface area (Å²) in [6.45, 7) is 4.25. The molecule has 0 spiro atoms. The van der Waals surface area contributed by atoms with E-state index in [2.05, 4.69) is 19.2 Å². The van der Waals surface area contributed by atoms with E-state index < -0.39 is 0 Å². The zero-order chi connectivity index (χ0) is 12.7. The summed E-state index contributed by atoms with van der Waals surface area (Å²) in [6.07, 6.45) is 5.33. The van der Waals surface area contributed by atoms with Crippen molar-refractivity contribution in [3.05, 3.63) is 0 Å². The summed E-state index contributed by atoms with van der Waals surface area (Å²) in [6, 6.07) is 0.344. The number of thioether (sulfide) groups is 1. The van der Waals surface area contributed by atoms with Gasteiger partial charge in [0.15, 0.2) is 0 Å². The molecule has 1 aliphatic carbocycles. The van der Waals surface area contributed by atoms with Crippen LogP contribution in [0, 0.1) is 5.92 Å². The SMILES string of the molecule is CCSCCC(C)NC(=O)C1CCCCC1N. The maximum atomic E-state index is 12.1. The highest BCUT2D eigenvalue weighted by atomic mass is 32.2. The van der Waals surface area contributed by atoms with E-state index in [4.69, 9.17) is 5.73 Å². The minimum Gasteiger partial charge on any atom is -0.353 e. The maximum Gasteiger partial charge on any atom is 0.224 e. The van der Waals surface area contributed by atoms with Gasteiger partial charge in [0.25, 0.3) is 0 Å². The molecule has 0 aromatic carbocycles. The molecule has 3 N–H and O–H groups in total. The third-order valence-electron chi connectivity index (χ3n) is 3.44. The number of amides is 1. The minimum absolute atomic E-state index is 0.0463. The van der Waals surface area contributed by atoms with Gasteiger partial charge in [-0.05, 0) is 37.7 Å². The van der Waals surface area contributed by atoms with Crippen molar-refractivity contribution in [2.75, 3.05) is 11.5 Å². The van der Waals surface area contributed by atoms with E-state index in [1.54, 1.807) is 0 Å². The van der Waals surface area contributed by atoms with Crippen molar-refractivity contribution in [2.45, 2.75) is 58.0 Å². The van der Waals surface area contributed by atoms with Crippen LogP contribution in [-0.4, -0.2) is 29.5 Å². The van der Waals surface area contributed by atoms with Crippen molar-refractivity contribution in [3.63, 3.8) is 0 Å². The molecule has 1 saturated carbocycles. The number of carbonyl (C=O) groups is 1. The van der Waals surface area contributed by atoms with E-state index in [-0.39, 0.29) is 23.9 Å². The fourth-order valence-corrected chi connectivity index (χ4v) is 3.12. The standard InChI is InChI=1S/C13H26N2OS/c1-3-17-9-8-10(2)15-13(16)11-6-4-5-7-12(11)14/h10-12H,3-9,14H2,1-2H3,(H,15,16). The molecular weight excluding hydrogens is 232 g/mol.